The normalized spacial score (nSPS) is 16.2. The first-order valence-corrected chi connectivity index (χ1v) is 4.70. The molecule has 0 saturated heterocycles. The van der Waals surface area contributed by atoms with Crippen LogP contribution in [0.5, 0.6) is 0 Å². The van der Waals surface area contributed by atoms with E-state index in [-0.39, 0.29) is 0 Å². The Labute approximate surface area is 75.9 Å². The zero-order valence-electron chi connectivity index (χ0n) is 8.43. The number of allylic oxidation sites excluding steroid dienone is 4. The summed E-state index contributed by atoms with van der Waals surface area (Å²) in [5.74, 6) is 0. The molecule has 12 heavy (non-hydrogen) atoms. The van der Waals surface area contributed by atoms with Gasteiger partial charge in [-0.15, -0.1) is 0 Å². The highest BCUT2D eigenvalue weighted by Crippen LogP contribution is 2.26. The van der Waals surface area contributed by atoms with E-state index in [1.807, 2.05) is 20.8 Å². The molecule has 0 heterocycles. The van der Waals surface area contributed by atoms with E-state index in [0.717, 1.165) is 6.42 Å². The topological polar surface area (TPSA) is 12.4 Å². The molecule has 0 unspecified atom stereocenters. The monoisotopic (exact) mass is 165 g/mol. The van der Waals surface area contributed by atoms with Gasteiger partial charge in [-0.3, -0.25) is 4.99 Å². The third-order valence-electron chi connectivity index (χ3n) is 1.79. The van der Waals surface area contributed by atoms with Crippen molar-refractivity contribution < 1.29 is 0 Å². The van der Waals surface area contributed by atoms with Crippen LogP contribution in [0.25, 0.3) is 0 Å². The first kappa shape index (κ1) is 11.2. The maximum absolute atomic E-state index is 3.97. The predicted octanol–water partition coefficient (Wildman–Crippen LogP) is 3.73. The molecule has 0 radical (unpaired) electrons. The van der Waals surface area contributed by atoms with Gasteiger partial charge in [-0.25, -0.2) is 0 Å². The van der Waals surface area contributed by atoms with Crippen LogP contribution in [0, 0.1) is 0 Å². The minimum absolute atomic E-state index is 1.11. The quantitative estimate of drug-likeness (QED) is 0.553. The van der Waals surface area contributed by atoms with E-state index in [1.165, 1.54) is 24.1 Å². The van der Waals surface area contributed by atoms with Gasteiger partial charge in [0.15, 0.2) is 0 Å². The minimum atomic E-state index is 1.11. The number of hydrogen-bond donors (Lipinski definition) is 0. The molecule has 1 aliphatic carbocycles. The maximum atomic E-state index is 3.97. The van der Waals surface area contributed by atoms with Crippen LogP contribution in [0.15, 0.2) is 28.4 Å². The summed E-state index contributed by atoms with van der Waals surface area (Å²) in [7, 11) is 0. The molecule has 0 N–H and O–H groups in total. The molecule has 0 aromatic heterocycles. The van der Waals surface area contributed by atoms with Gasteiger partial charge in [0.1, 0.15) is 0 Å². The van der Waals surface area contributed by atoms with Gasteiger partial charge in [0.25, 0.3) is 0 Å². The molecule has 0 spiro atoms. The molecule has 1 nitrogen and oxygen atoms in total. The zero-order valence-corrected chi connectivity index (χ0v) is 8.43. The molecule has 0 aromatic carbocycles. The highest BCUT2D eigenvalue weighted by molar-refractivity contribution is 5.36. The molecule has 68 valence electrons. The number of nitrogens with zero attached hydrogens (tertiary/aromatic N) is 1. The van der Waals surface area contributed by atoms with E-state index in [9.17, 15) is 0 Å². The summed E-state index contributed by atoms with van der Waals surface area (Å²) < 4.78 is 0. The van der Waals surface area contributed by atoms with Gasteiger partial charge in [0.2, 0.25) is 0 Å². The lowest BCUT2D eigenvalue weighted by atomic mass is 10.2. The van der Waals surface area contributed by atoms with Gasteiger partial charge in [0.05, 0.1) is 0 Å². The van der Waals surface area contributed by atoms with Gasteiger partial charge < -0.3 is 0 Å². The van der Waals surface area contributed by atoms with Crippen LogP contribution >= 0.6 is 0 Å². The SMILES string of the molecule is C=NC1=C(/C=C\C)CCC1.CC. The van der Waals surface area contributed by atoms with Crippen molar-refractivity contribution in [3.63, 3.8) is 0 Å². The van der Waals surface area contributed by atoms with Gasteiger partial charge in [-0.2, -0.15) is 0 Å². The Morgan fingerprint density at radius 1 is 1.33 bits per heavy atom. The number of rotatable bonds is 2. The fourth-order valence-electron chi connectivity index (χ4n) is 1.31. The summed E-state index contributed by atoms with van der Waals surface area (Å²) in [6, 6.07) is 0. The van der Waals surface area contributed by atoms with Crippen molar-refractivity contribution in [3.8, 4) is 0 Å². The van der Waals surface area contributed by atoms with Crippen molar-refractivity contribution in [1.82, 2.24) is 0 Å². The van der Waals surface area contributed by atoms with Crippen molar-refractivity contribution in [2.45, 2.75) is 40.0 Å². The van der Waals surface area contributed by atoms with Crippen molar-refractivity contribution in [2.75, 3.05) is 0 Å². The van der Waals surface area contributed by atoms with E-state index in [1.54, 1.807) is 0 Å². The number of aliphatic imine (C=N–C) groups is 1. The van der Waals surface area contributed by atoms with Crippen LogP contribution in [-0.4, -0.2) is 6.72 Å². The second kappa shape index (κ2) is 6.84. The molecular weight excluding hydrogens is 146 g/mol. The summed E-state index contributed by atoms with van der Waals surface area (Å²) in [6.45, 7) is 9.57. The fraction of sp³-hybridized carbons (Fsp3) is 0.545. The van der Waals surface area contributed by atoms with Crippen LogP contribution in [0.2, 0.25) is 0 Å². The zero-order chi connectivity index (χ0) is 9.40. The molecule has 0 aliphatic heterocycles. The fourth-order valence-corrected chi connectivity index (χ4v) is 1.31. The smallest absolute Gasteiger partial charge is 0.0428 e. The standard InChI is InChI=1S/C9H13N.C2H6/c1-3-5-8-6-4-7-9(8)10-2;1-2/h3,5H,2,4,6-7H2,1H3;1-2H3/b5-3-;. The average molecular weight is 165 g/mol. The van der Waals surface area contributed by atoms with Crippen LogP contribution in [-0.2, 0) is 0 Å². The van der Waals surface area contributed by atoms with Crippen LogP contribution in [0.1, 0.15) is 40.0 Å². The Bertz CT molecular complexity index is 187. The predicted molar refractivity (Wildman–Crippen MR) is 56.6 cm³/mol. The van der Waals surface area contributed by atoms with Crippen molar-refractivity contribution >= 4 is 6.72 Å². The lowest BCUT2D eigenvalue weighted by Gasteiger charge is -1.92. The van der Waals surface area contributed by atoms with Crippen LogP contribution in [0.4, 0.5) is 0 Å². The summed E-state index contributed by atoms with van der Waals surface area (Å²) in [6.07, 6.45) is 7.73. The second-order valence-electron chi connectivity index (χ2n) is 2.48. The number of hydrogen-bond acceptors (Lipinski definition) is 1. The van der Waals surface area contributed by atoms with E-state index in [4.69, 9.17) is 0 Å². The van der Waals surface area contributed by atoms with E-state index in [2.05, 4.69) is 23.9 Å². The Balaban J connectivity index is 0.000000561. The molecule has 0 atom stereocenters. The summed E-state index contributed by atoms with van der Waals surface area (Å²) in [5, 5.41) is 0. The van der Waals surface area contributed by atoms with Crippen LogP contribution in [0.3, 0.4) is 0 Å². The molecule has 0 bridgehead atoms. The Hall–Kier alpha value is -0.850. The third-order valence-corrected chi connectivity index (χ3v) is 1.79. The summed E-state index contributed by atoms with van der Waals surface area (Å²) >= 11 is 0. The molecule has 1 rings (SSSR count). The molecule has 0 amide bonds. The van der Waals surface area contributed by atoms with E-state index >= 15 is 0 Å². The molecule has 1 aliphatic rings. The van der Waals surface area contributed by atoms with Gasteiger partial charge in [0, 0.05) is 5.70 Å². The lowest BCUT2D eigenvalue weighted by Crippen LogP contribution is -1.73. The Kier molecular flexibility index (Phi) is 6.35. The summed E-state index contributed by atoms with van der Waals surface area (Å²) in [5.41, 5.74) is 2.57. The summed E-state index contributed by atoms with van der Waals surface area (Å²) in [4.78, 5) is 3.97. The van der Waals surface area contributed by atoms with E-state index < -0.39 is 0 Å². The van der Waals surface area contributed by atoms with Crippen molar-refractivity contribution in [3.05, 3.63) is 23.4 Å². The lowest BCUT2D eigenvalue weighted by molar-refractivity contribution is 0.895. The van der Waals surface area contributed by atoms with Crippen molar-refractivity contribution in [1.29, 1.82) is 0 Å². The molecular formula is C11H19N. The van der Waals surface area contributed by atoms with Gasteiger partial charge in [-0.05, 0) is 38.5 Å². The van der Waals surface area contributed by atoms with E-state index in [0.29, 0.717) is 0 Å². The first-order chi connectivity index (χ1) is 5.88. The average Bonchev–Trinajstić information content (AvgIpc) is 2.56. The Morgan fingerprint density at radius 2 is 2.00 bits per heavy atom. The maximum Gasteiger partial charge on any atom is 0.0428 e. The molecule has 0 saturated carbocycles. The van der Waals surface area contributed by atoms with Gasteiger partial charge in [-0.1, -0.05) is 26.0 Å². The molecule has 0 aromatic rings. The highest BCUT2D eigenvalue weighted by atomic mass is 14.7. The highest BCUT2D eigenvalue weighted by Gasteiger charge is 2.09. The van der Waals surface area contributed by atoms with Crippen LogP contribution < -0.4 is 0 Å². The van der Waals surface area contributed by atoms with Crippen molar-refractivity contribution in [2.24, 2.45) is 4.99 Å². The Morgan fingerprint density at radius 3 is 2.50 bits per heavy atom. The molecule has 0 fully saturated rings. The minimum Gasteiger partial charge on any atom is -0.269 e. The first-order valence-electron chi connectivity index (χ1n) is 4.70. The van der Waals surface area contributed by atoms with Gasteiger partial charge >= 0.3 is 0 Å². The second-order valence-corrected chi connectivity index (χ2v) is 2.48. The largest absolute Gasteiger partial charge is 0.269 e. The molecule has 1 heteroatoms. The third kappa shape index (κ3) is 3.04.